The lowest BCUT2D eigenvalue weighted by Crippen LogP contribution is -2.59. The van der Waals surface area contributed by atoms with Crippen LogP contribution in [0.25, 0.3) is 0 Å². The van der Waals surface area contributed by atoms with E-state index < -0.39 is 17.8 Å². The molecule has 2 aromatic heterocycles. The third-order valence-electron chi connectivity index (χ3n) is 5.18. The van der Waals surface area contributed by atoms with Gasteiger partial charge in [0.2, 0.25) is 0 Å². The van der Waals surface area contributed by atoms with Gasteiger partial charge in [-0.2, -0.15) is 0 Å². The molecular formula is C23H26N4O6. The number of nitrogens with zero attached hydrogens (tertiary/aromatic N) is 4. The van der Waals surface area contributed by atoms with Crippen LogP contribution in [0, 0.1) is 0 Å². The lowest BCUT2D eigenvalue weighted by atomic mass is 10.2. The average molecular weight is 454 g/mol. The van der Waals surface area contributed by atoms with E-state index in [2.05, 4.69) is 9.97 Å². The van der Waals surface area contributed by atoms with Gasteiger partial charge in [0, 0.05) is 37.4 Å². The fraction of sp³-hybridized carbons (Fsp3) is 0.391. The molecule has 0 unspecified atom stereocenters. The molecule has 1 fully saturated rings. The molecule has 4 heterocycles. The molecule has 33 heavy (non-hydrogen) atoms. The highest BCUT2D eigenvalue weighted by atomic mass is 16.8. The van der Waals surface area contributed by atoms with Crippen molar-refractivity contribution in [2.24, 2.45) is 0 Å². The highest BCUT2D eigenvalue weighted by Crippen LogP contribution is 2.35. The lowest BCUT2D eigenvalue weighted by Gasteiger charge is -2.41. The number of hydrogen-bond acceptors (Lipinski definition) is 10. The van der Waals surface area contributed by atoms with Gasteiger partial charge >= 0.3 is 17.8 Å². The Balaban J connectivity index is 1.75. The van der Waals surface area contributed by atoms with Gasteiger partial charge in [0.25, 0.3) is 0 Å². The van der Waals surface area contributed by atoms with Gasteiger partial charge in [0.05, 0.1) is 49.4 Å². The molecule has 0 amide bonds. The molecule has 4 rings (SSSR count). The van der Waals surface area contributed by atoms with Crippen molar-refractivity contribution in [1.29, 1.82) is 0 Å². The van der Waals surface area contributed by atoms with Gasteiger partial charge < -0.3 is 23.8 Å². The highest BCUT2D eigenvalue weighted by molar-refractivity contribution is 5.93. The third-order valence-corrected chi connectivity index (χ3v) is 5.18. The second-order valence-corrected chi connectivity index (χ2v) is 7.44. The standard InChI is InChI=1S/C23H26N4O6/c1-3-30-19-10-17(12-24-14-19)26-8-5-9-27(18-11-20(31-4-2)15-25-13-18)23(16-26)32-21(28)6-7-22(29)33-23/h6-7,10-15H,3-5,8-9,16H2,1-2H3. The SMILES string of the molecule is CCOc1cncc(N2CCCN(c3cncc(OCC)c3)C3(C2)OC(=O)C=CC(=O)O3)c1. The molecule has 2 aromatic rings. The number of pyridine rings is 2. The molecule has 10 nitrogen and oxygen atoms in total. The predicted octanol–water partition coefficient (Wildman–Crippen LogP) is 2.30. The molecule has 10 heteroatoms. The maximum atomic E-state index is 12.5. The molecule has 0 aliphatic carbocycles. The largest absolute Gasteiger partial charge is 0.492 e. The van der Waals surface area contributed by atoms with Gasteiger partial charge in [0.1, 0.15) is 18.0 Å². The van der Waals surface area contributed by atoms with Crippen molar-refractivity contribution >= 4 is 23.3 Å². The normalized spacial score (nSPS) is 17.8. The Morgan fingerprint density at radius 3 is 2.06 bits per heavy atom. The number of carbonyl (C=O) groups excluding carboxylic acids is 2. The minimum absolute atomic E-state index is 0.0578. The molecule has 1 saturated heterocycles. The Labute approximate surface area is 191 Å². The minimum Gasteiger partial charge on any atom is -0.492 e. The third kappa shape index (κ3) is 5.00. The summed E-state index contributed by atoms with van der Waals surface area (Å²) in [5, 5.41) is 0. The molecule has 1 spiro atoms. The van der Waals surface area contributed by atoms with E-state index in [4.69, 9.17) is 18.9 Å². The van der Waals surface area contributed by atoms with Crippen LogP contribution in [0.15, 0.2) is 49.1 Å². The van der Waals surface area contributed by atoms with Crippen LogP contribution in [0.1, 0.15) is 20.3 Å². The van der Waals surface area contributed by atoms with E-state index in [9.17, 15) is 9.59 Å². The van der Waals surface area contributed by atoms with E-state index in [1.165, 1.54) is 0 Å². The summed E-state index contributed by atoms with van der Waals surface area (Å²) in [4.78, 5) is 37.2. The number of ether oxygens (including phenoxy) is 4. The molecule has 174 valence electrons. The Morgan fingerprint density at radius 1 is 0.879 bits per heavy atom. The van der Waals surface area contributed by atoms with Gasteiger partial charge in [-0.1, -0.05) is 0 Å². The van der Waals surface area contributed by atoms with Crippen LogP contribution < -0.4 is 19.3 Å². The molecule has 0 radical (unpaired) electrons. The summed E-state index contributed by atoms with van der Waals surface area (Å²) in [6.45, 7) is 5.86. The van der Waals surface area contributed by atoms with Crippen LogP contribution in [-0.2, 0) is 19.1 Å². The summed E-state index contributed by atoms with van der Waals surface area (Å²) in [5.41, 5.74) is 1.36. The zero-order chi connectivity index (χ0) is 23.3. The number of hydrogen-bond donors (Lipinski definition) is 0. The summed E-state index contributed by atoms with van der Waals surface area (Å²) < 4.78 is 22.7. The van der Waals surface area contributed by atoms with Crippen LogP contribution in [0.5, 0.6) is 11.5 Å². The number of esters is 2. The van der Waals surface area contributed by atoms with Crippen molar-refractivity contribution in [3.05, 3.63) is 49.1 Å². The van der Waals surface area contributed by atoms with E-state index in [1.54, 1.807) is 35.8 Å². The van der Waals surface area contributed by atoms with Crippen LogP contribution in [0.2, 0.25) is 0 Å². The van der Waals surface area contributed by atoms with Crippen molar-refractivity contribution in [3.8, 4) is 11.5 Å². The van der Waals surface area contributed by atoms with Crippen LogP contribution in [0.4, 0.5) is 11.4 Å². The maximum Gasteiger partial charge on any atom is 0.361 e. The molecular weight excluding hydrogens is 428 g/mol. The van der Waals surface area contributed by atoms with Crippen molar-refractivity contribution in [2.45, 2.75) is 26.2 Å². The Bertz CT molecular complexity index is 1020. The van der Waals surface area contributed by atoms with E-state index in [-0.39, 0.29) is 6.54 Å². The van der Waals surface area contributed by atoms with Crippen LogP contribution >= 0.6 is 0 Å². The summed E-state index contributed by atoms with van der Waals surface area (Å²) >= 11 is 0. The van der Waals surface area contributed by atoms with E-state index in [0.717, 1.165) is 17.8 Å². The fourth-order valence-electron chi connectivity index (χ4n) is 3.88. The zero-order valence-corrected chi connectivity index (χ0v) is 18.6. The van der Waals surface area contributed by atoms with Crippen LogP contribution in [0.3, 0.4) is 0 Å². The second-order valence-electron chi connectivity index (χ2n) is 7.44. The minimum atomic E-state index is -1.72. The monoisotopic (exact) mass is 454 g/mol. The van der Waals surface area contributed by atoms with E-state index >= 15 is 0 Å². The number of rotatable bonds is 6. The van der Waals surface area contributed by atoms with Crippen LogP contribution in [-0.4, -0.2) is 60.7 Å². The Hall–Kier alpha value is -3.82. The highest BCUT2D eigenvalue weighted by Gasteiger charge is 2.49. The number of carbonyl (C=O) groups is 2. The molecule has 0 bridgehead atoms. The van der Waals surface area contributed by atoms with Gasteiger partial charge in [-0.15, -0.1) is 0 Å². The first-order valence-corrected chi connectivity index (χ1v) is 10.9. The van der Waals surface area contributed by atoms with Crippen molar-refractivity contribution in [2.75, 3.05) is 42.6 Å². The topological polar surface area (TPSA) is 103 Å². The number of aromatic nitrogens is 2. The zero-order valence-electron chi connectivity index (χ0n) is 18.6. The average Bonchev–Trinajstić information content (AvgIpc) is 3.07. The maximum absolute atomic E-state index is 12.5. The van der Waals surface area contributed by atoms with Gasteiger partial charge in [-0.3, -0.25) is 14.9 Å². The molecule has 2 aliphatic heterocycles. The Kier molecular flexibility index (Phi) is 6.62. The first kappa shape index (κ1) is 22.4. The molecule has 0 N–H and O–H groups in total. The van der Waals surface area contributed by atoms with Crippen molar-refractivity contribution in [1.82, 2.24) is 9.97 Å². The molecule has 2 aliphatic rings. The van der Waals surface area contributed by atoms with Gasteiger partial charge in [-0.25, -0.2) is 9.59 Å². The molecule has 0 aromatic carbocycles. The quantitative estimate of drug-likeness (QED) is 0.604. The summed E-state index contributed by atoms with van der Waals surface area (Å²) in [6.07, 6.45) is 9.36. The molecule has 0 saturated carbocycles. The van der Waals surface area contributed by atoms with Crippen molar-refractivity contribution < 1.29 is 28.5 Å². The van der Waals surface area contributed by atoms with Gasteiger partial charge in [-0.05, 0) is 20.3 Å². The van der Waals surface area contributed by atoms with E-state index in [0.29, 0.717) is 49.9 Å². The fourth-order valence-corrected chi connectivity index (χ4v) is 3.88. The second kappa shape index (κ2) is 9.76. The summed E-state index contributed by atoms with van der Waals surface area (Å²) in [7, 11) is 0. The smallest absolute Gasteiger partial charge is 0.361 e. The first-order chi connectivity index (χ1) is 16.0. The first-order valence-electron chi connectivity index (χ1n) is 10.9. The molecule has 0 atom stereocenters. The van der Waals surface area contributed by atoms with E-state index in [1.807, 2.05) is 24.8 Å². The van der Waals surface area contributed by atoms with Crippen molar-refractivity contribution in [3.63, 3.8) is 0 Å². The summed E-state index contributed by atoms with van der Waals surface area (Å²) in [6, 6.07) is 3.64. The number of anilines is 2. The predicted molar refractivity (Wildman–Crippen MR) is 119 cm³/mol. The van der Waals surface area contributed by atoms with Gasteiger partial charge in [0.15, 0.2) is 0 Å². The summed E-state index contributed by atoms with van der Waals surface area (Å²) in [5.74, 6) is -1.90. The Morgan fingerprint density at radius 2 is 1.45 bits per heavy atom. The lowest BCUT2D eigenvalue weighted by molar-refractivity contribution is -0.215.